The lowest BCUT2D eigenvalue weighted by atomic mass is 9.77. The minimum atomic E-state index is 0.338. The summed E-state index contributed by atoms with van der Waals surface area (Å²) in [6.45, 7) is 22.8. The van der Waals surface area contributed by atoms with Gasteiger partial charge in [0.25, 0.3) is 0 Å². The molecule has 0 atom stereocenters. The molecule has 0 fully saturated rings. The monoisotopic (exact) mass is 292 g/mol. The van der Waals surface area contributed by atoms with Crippen molar-refractivity contribution in [3.63, 3.8) is 0 Å². The zero-order valence-corrected chi connectivity index (χ0v) is 15.9. The third kappa shape index (κ3) is 11.8. The smallest absolute Gasteiger partial charge is 0.0158 e. The minimum absolute atomic E-state index is 0.338. The number of rotatable bonds is 7. The van der Waals surface area contributed by atoms with E-state index >= 15 is 0 Å². The van der Waals surface area contributed by atoms with E-state index < -0.39 is 0 Å². The van der Waals surface area contributed by atoms with Crippen molar-refractivity contribution in [2.24, 2.45) is 10.6 Å². The fourth-order valence-corrected chi connectivity index (χ4v) is 2.57. The van der Waals surface area contributed by atoms with Gasteiger partial charge in [-0.05, 0) is 45.2 Å². The van der Waals surface area contributed by atoms with Crippen LogP contribution in [0.25, 0.3) is 0 Å². The highest BCUT2D eigenvalue weighted by molar-refractivity contribution is 7.77. The Morgan fingerprint density at radius 1 is 0.947 bits per heavy atom. The molecule has 0 spiro atoms. The molecule has 120 valence electrons. The van der Waals surface area contributed by atoms with E-state index in [1.54, 1.807) is 0 Å². The molecule has 0 rings (SSSR count). The molecule has 0 unspecified atom stereocenters. The van der Waals surface area contributed by atoms with E-state index in [-0.39, 0.29) is 0 Å². The Morgan fingerprint density at radius 3 is 1.63 bits per heavy atom. The van der Waals surface area contributed by atoms with Crippen molar-refractivity contribution >= 4 is 12.8 Å². The van der Waals surface area contributed by atoms with Crippen LogP contribution in [0.2, 0.25) is 0 Å². The predicted octanol–water partition coefficient (Wildman–Crippen LogP) is 5.14. The highest BCUT2D eigenvalue weighted by Gasteiger charge is 2.31. The lowest BCUT2D eigenvalue weighted by Crippen LogP contribution is -2.46. The predicted molar refractivity (Wildman–Crippen MR) is 94.8 cm³/mol. The van der Waals surface area contributed by atoms with Crippen molar-refractivity contribution < 1.29 is 0 Å². The zero-order chi connectivity index (χ0) is 16.1. The Labute approximate surface area is 129 Å². The Hall–Kier alpha value is 0.270. The van der Waals surface area contributed by atoms with Crippen LogP contribution < -0.4 is 5.14 Å². The lowest BCUT2D eigenvalue weighted by Gasteiger charge is -2.43. The van der Waals surface area contributed by atoms with Crippen LogP contribution in [0.4, 0.5) is 0 Å². The summed E-state index contributed by atoms with van der Waals surface area (Å²) in [5.74, 6) is 0. The summed E-state index contributed by atoms with van der Waals surface area (Å²) in [5, 5.41) is 4.19. The lowest BCUT2D eigenvalue weighted by molar-refractivity contribution is 0.0750. The van der Waals surface area contributed by atoms with Crippen LogP contribution in [-0.4, -0.2) is 23.5 Å². The van der Waals surface area contributed by atoms with Crippen molar-refractivity contribution in [1.82, 2.24) is 4.90 Å². The summed E-state index contributed by atoms with van der Waals surface area (Å²) in [5.41, 5.74) is 0.801. The van der Waals surface area contributed by atoms with Crippen LogP contribution in [0.5, 0.6) is 0 Å². The SMILES string of the molecule is CC.CCCN(CC)C(C)(C)CC(C)(C)CC.NS. The second kappa shape index (κ2) is 13.3. The van der Waals surface area contributed by atoms with E-state index in [0.29, 0.717) is 11.0 Å². The average molecular weight is 293 g/mol. The van der Waals surface area contributed by atoms with Gasteiger partial charge >= 0.3 is 0 Å². The van der Waals surface area contributed by atoms with E-state index in [0.717, 1.165) is 0 Å². The average Bonchev–Trinajstić information content (AvgIpc) is 2.39. The summed E-state index contributed by atoms with van der Waals surface area (Å²) in [6, 6.07) is 0. The largest absolute Gasteiger partial charge is 0.298 e. The van der Waals surface area contributed by atoms with Crippen LogP contribution in [0.3, 0.4) is 0 Å². The molecule has 0 aromatic heterocycles. The van der Waals surface area contributed by atoms with Gasteiger partial charge in [0.2, 0.25) is 0 Å². The van der Waals surface area contributed by atoms with Crippen LogP contribution in [-0.2, 0) is 0 Å². The Bertz CT molecular complexity index is 180. The number of nitrogens with two attached hydrogens (primary N) is 1. The van der Waals surface area contributed by atoms with Gasteiger partial charge in [-0.3, -0.25) is 10.0 Å². The summed E-state index contributed by atoms with van der Waals surface area (Å²) in [7, 11) is 0. The van der Waals surface area contributed by atoms with E-state index in [2.05, 4.69) is 71.3 Å². The van der Waals surface area contributed by atoms with Crippen LogP contribution in [0.15, 0.2) is 0 Å². The third-order valence-corrected chi connectivity index (χ3v) is 3.60. The van der Waals surface area contributed by atoms with Crippen LogP contribution in [0, 0.1) is 5.41 Å². The minimum Gasteiger partial charge on any atom is -0.298 e. The fourth-order valence-electron chi connectivity index (χ4n) is 2.57. The summed E-state index contributed by atoms with van der Waals surface area (Å²) < 4.78 is 0. The zero-order valence-electron chi connectivity index (χ0n) is 15.0. The molecule has 0 aliphatic carbocycles. The summed E-state index contributed by atoms with van der Waals surface area (Å²) in [6.07, 6.45) is 3.80. The molecule has 0 aromatic rings. The Balaban J connectivity index is -0.000000579. The molecule has 0 radical (unpaired) electrons. The Kier molecular flexibility index (Phi) is 17.0. The molecule has 0 saturated heterocycles. The highest BCUT2D eigenvalue weighted by atomic mass is 32.1. The first-order valence-electron chi connectivity index (χ1n) is 7.80. The van der Waals surface area contributed by atoms with Crippen LogP contribution in [0.1, 0.15) is 81.6 Å². The molecule has 2 N–H and O–H groups in total. The first kappa shape index (κ1) is 24.3. The van der Waals surface area contributed by atoms with Gasteiger partial charge in [-0.25, -0.2) is 0 Å². The topological polar surface area (TPSA) is 29.3 Å². The maximum atomic E-state index is 4.19. The normalized spacial score (nSPS) is 11.4. The maximum absolute atomic E-state index is 4.19. The molecule has 0 aliphatic rings. The van der Waals surface area contributed by atoms with Crippen molar-refractivity contribution in [3.8, 4) is 0 Å². The molecule has 0 saturated carbocycles. The molecule has 0 heterocycles. The number of hydrogen-bond donors (Lipinski definition) is 2. The van der Waals surface area contributed by atoms with Crippen LogP contribution >= 0.6 is 12.8 Å². The van der Waals surface area contributed by atoms with Crippen molar-refractivity contribution in [1.29, 1.82) is 0 Å². The Morgan fingerprint density at radius 2 is 1.37 bits per heavy atom. The number of hydrogen-bond acceptors (Lipinski definition) is 3. The van der Waals surface area contributed by atoms with Gasteiger partial charge in [-0.1, -0.05) is 54.9 Å². The second-order valence-electron chi connectivity index (χ2n) is 6.09. The molecule has 3 heteroatoms. The van der Waals surface area contributed by atoms with E-state index in [1.165, 1.54) is 32.4 Å². The van der Waals surface area contributed by atoms with E-state index in [9.17, 15) is 0 Å². The first-order chi connectivity index (χ1) is 8.79. The molecular weight excluding hydrogens is 252 g/mol. The summed E-state index contributed by atoms with van der Waals surface area (Å²) >= 11 is 3.03. The third-order valence-electron chi connectivity index (χ3n) is 3.60. The van der Waals surface area contributed by atoms with Gasteiger partial charge in [0.05, 0.1) is 0 Å². The maximum Gasteiger partial charge on any atom is 0.0158 e. The molecular formula is C16H40N2S. The highest BCUT2D eigenvalue weighted by Crippen LogP contribution is 2.34. The van der Waals surface area contributed by atoms with E-state index in [1.807, 2.05) is 13.8 Å². The number of nitrogens with zero attached hydrogens (tertiary/aromatic N) is 1. The molecule has 0 aromatic carbocycles. The molecule has 0 amide bonds. The van der Waals surface area contributed by atoms with Gasteiger partial charge in [0, 0.05) is 5.54 Å². The molecule has 2 nitrogen and oxygen atoms in total. The standard InChI is InChI=1S/C14H31N.C2H6.H3NS/c1-8-11-15(10-3)14(6,7)12-13(4,5)9-2;2*1-2/h8-12H2,1-7H3;1-2H3;2H,1H2. The number of thiol groups is 1. The van der Waals surface area contributed by atoms with Crippen molar-refractivity contribution in [2.75, 3.05) is 13.1 Å². The molecule has 0 bridgehead atoms. The second-order valence-corrected chi connectivity index (χ2v) is 6.09. The van der Waals surface area contributed by atoms with Gasteiger partial charge in [-0.2, -0.15) is 0 Å². The quantitative estimate of drug-likeness (QED) is 0.636. The van der Waals surface area contributed by atoms with Crippen molar-refractivity contribution in [2.45, 2.75) is 87.1 Å². The molecule has 0 aliphatic heterocycles. The van der Waals surface area contributed by atoms with Gasteiger partial charge in [0.1, 0.15) is 0 Å². The van der Waals surface area contributed by atoms with Gasteiger partial charge < -0.3 is 0 Å². The van der Waals surface area contributed by atoms with Gasteiger partial charge in [-0.15, -0.1) is 12.8 Å². The van der Waals surface area contributed by atoms with Crippen molar-refractivity contribution in [3.05, 3.63) is 0 Å². The van der Waals surface area contributed by atoms with Gasteiger partial charge in [0.15, 0.2) is 0 Å². The fraction of sp³-hybridized carbons (Fsp3) is 1.00. The first-order valence-corrected chi connectivity index (χ1v) is 8.31. The van der Waals surface area contributed by atoms with E-state index in [4.69, 9.17) is 0 Å². The molecule has 19 heavy (non-hydrogen) atoms. The summed E-state index contributed by atoms with van der Waals surface area (Å²) in [4.78, 5) is 2.62.